The molecule has 0 saturated carbocycles. The number of carbonyl (C=O) groups is 1. The largest absolute Gasteiger partial charge is 0.436 e. The molecule has 2 aromatic heterocycles. The van der Waals surface area contributed by atoms with Crippen LogP contribution in [0.5, 0.6) is 0 Å². The van der Waals surface area contributed by atoms with Crippen molar-refractivity contribution in [1.29, 1.82) is 0 Å². The first kappa shape index (κ1) is 19.2. The van der Waals surface area contributed by atoms with Crippen LogP contribution in [0.25, 0.3) is 44.2 Å². The summed E-state index contributed by atoms with van der Waals surface area (Å²) >= 11 is 0. The van der Waals surface area contributed by atoms with Crippen molar-refractivity contribution in [2.45, 2.75) is 26.4 Å². The Kier molecular flexibility index (Phi) is 4.05. The lowest BCUT2D eigenvalue weighted by Crippen LogP contribution is -2.38. The average molecular weight is 420 g/mol. The van der Waals surface area contributed by atoms with Crippen LogP contribution in [0.3, 0.4) is 0 Å². The van der Waals surface area contributed by atoms with Gasteiger partial charge in [0.05, 0.1) is 22.9 Å². The van der Waals surface area contributed by atoms with Gasteiger partial charge in [-0.3, -0.25) is 0 Å². The topological polar surface area (TPSA) is 65.2 Å². The summed E-state index contributed by atoms with van der Waals surface area (Å²) in [7, 11) is 0. The highest BCUT2D eigenvalue weighted by Crippen LogP contribution is 2.34. The number of hydrogen-bond acceptors (Lipinski definition) is 5. The van der Waals surface area contributed by atoms with Crippen LogP contribution in [0.4, 0.5) is 0 Å². The van der Waals surface area contributed by atoms with Crippen LogP contribution >= 0.6 is 0 Å². The lowest BCUT2D eigenvalue weighted by molar-refractivity contribution is -0.115. The quantitative estimate of drug-likeness (QED) is 0.378. The van der Waals surface area contributed by atoms with E-state index in [2.05, 4.69) is 12.1 Å². The predicted octanol–water partition coefficient (Wildman–Crippen LogP) is 4.95. The van der Waals surface area contributed by atoms with Gasteiger partial charge in [-0.1, -0.05) is 61.5 Å². The summed E-state index contributed by atoms with van der Waals surface area (Å²) in [6.07, 6.45) is 1.77. The van der Waals surface area contributed by atoms with Crippen LogP contribution < -0.4 is 5.46 Å². The highest BCUT2D eigenvalue weighted by Gasteiger charge is 2.49. The minimum atomic E-state index is -0.522. The summed E-state index contributed by atoms with van der Waals surface area (Å²) in [6, 6.07) is 20.0. The number of furan rings is 1. The molecule has 1 fully saturated rings. The van der Waals surface area contributed by atoms with Crippen molar-refractivity contribution in [2.75, 3.05) is 0 Å². The average Bonchev–Trinajstić information content (AvgIpc) is 3.29. The van der Waals surface area contributed by atoms with Crippen molar-refractivity contribution in [3.63, 3.8) is 0 Å². The third kappa shape index (κ3) is 2.80. The molecule has 6 heteroatoms. The molecule has 1 saturated heterocycles. The molecule has 3 aromatic carbocycles. The number of rotatable bonds is 2. The van der Waals surface area contributed by atoms with Crippen molar-refractivity contribution in [2.24, 2.45) is 5.92 Å². The molecule has 6 rings (SSSR count). The van der Waals surface area contributed by atoms with Crippen LogP contribution in [0.1, 0.15) is 20.8 Å². The van der Waals surface area contributed by atoms with Crippen molar-refractivity contribution < 1.29 is 13.9 Å². The molecule has 3 heterocycles. The molecule has 5 aromatic rings. The molecule has 0 bridgehead atoms. The Morgan fingerprint density at radius 2 is 1.78 bits per heavy atom. The number of hydrogen-bond donors (Lipinski definition) is 0. The standard InChI is InChI=1S/C26H21BN2O3/c1-15-24(30)27(32-26(15,2)3)18-11-8-17(9-12-18)20-14-28-23-22-19-7-5-4-6-16(19)10-13-21(22)31-25(23)29-20/h4-15H,1-3H3. The van der Waals surface area contributed by atoms with Gasteiger partial charge in [-0.2, -0.15) is 0 Å². The zero-order chi connectivity index (χ0) is 22.0. The Morgan fingerprint density at radius 3 is 2.53 bits per heavy atom. The molecule has 1 unspecified atom stereocenters. The Bertz CT molecular complexity index is 1520. The number of fused-ring (bicyclic) bond motifs is 5. The fourth-order valence-corrected chi connectivity index (χ4v) is 4.53. The summed E-state index contributed by atoms with van der Waals surface area (Å²) < 4.78 is 12.1. The van der Waals surface area contributed by atoms with Gasteiger partial charge < -0.3 is 13.9 Å². The molecule has 32 heavy (non-hydrogen) atoms. The third-order valence-electron chi connectivity index (χ3n) is 6.73. The Labute approximate surface area is 185 Å². The molecule has 1 atom stereocenters. The molecular formula is C26H21BN2O3. The molecule has 0 N–H and O–H groups in total. The van der Waals surface area contributed by atoms with E-state index in [-0.39, 0.29) is 11.6 Å². The summed E-state index contributed by atoms with van der Waals surface area (Å²) in [5.41, 5.74) is 4.22. The second-order valence-electron chi connectivity index (χ2n) is 9.02. The summed E-state index contributed by atoms with van der Waals surface area (Å²) in [4.78, 5) is 22.1. The minimum Gasteiger partial charge on any atom is -0.436 e. The van der Waals surface area contributed by atoms with Crippen LogP contribution in [0, 0.1) is 5.92 Å². The fraction of sp³-hybridized carbons (Fsp3) is 0.192. The van der Waals surface area contributed by atoms with Gasteiger partial charge in [0.15, 0.2) is 0 Å². The number of aromatic nitrogens is 2. The summed E-state index contributed by atoms with van der Waals surface area (Å²) in [6.45, 7) is 5.33. The fourth-order valence-electron chi connectivity index (χ4n) is 4.53. The lowest BCUT2D eigenvalue weighted by atomic mass is 9.56. The molecule has 1 aliphatic heterocycles. The Balaban J connectivity index is 1.39. The maximum Gasteiger partial charge on any atom is 0.403 e. The lowest BCUT2D eigenvalue weighted by Gasteiger charge is -2.22. The highest BCUT2D eigenvalue weighted by atomic mass is 16.5. The Hall–Kier alpha value is -3.51. The maximum atomic E-state index is 12.6. The molecule has 156 valence electrons. The van der Waals surface area contributed by atoms with Gasteiger partial charge in [0.25, 0.3) is 0 Å². The van der Waals surface area contributed by atoms with Crippen LogP contribution in [0.15, 0.2) is 71.3 Å². The van der Waals surface area contributed by atoms with E-state index in [1.165, 1.54) is 0 Å². The van der Waals surface area contributed by atoms with Gasteiger partial charge in [-0.05, 0) is 36.1 Å². The predicted molar refractivity (Wildman–Crippen MR) is 127 cm³/mol. The smallest absolute Gasteiger partial charge is 0.403 e. The minimum absolute atomic E-state index is 0.124. The second-order valence-corrected chi connectivity index (χ2v) is 9.02. The normalized spacial score (nSPS) is 18.3. The Morgan fingerprint density at radius 1 is 1.00 bits per heavy atom. The molecule has 0 amide bonds. The van der Waals surface area contributed by atoms with Crippen LogP contribution in [-0.4, -0.2) is 28.2 Å². The van der Waals surface area contributed by atoms with Gasteiger partial charge in [0.2, 0.25) is 5.71 Å². The van der Waals surface area contributed by atoms with Crippen molar-refractivity contribution in [3.05, 3.63) is 66.9 Å². The van der Waals surface area contributed by atoms with Gasteiger partial charge in [0, 0.05) is 11.5 Å². The molecule has 5 nitrogen and oxygen atoms in total. The monoisotopic (exact) mass is 420 g/mol. The van der Waals surface area contributed by atoms with E-state index in [1.54, 1.807) is 6.20 Å². The van der Waals surface area contributed by atoms with E-state index in [9.17, 15) is 4.79 Å². The van der Waals surface area contributed by atoms with Gasteiger partial charge >= 0.3 is 6.92 Å². The molecular weight excluding hydrogens is 399 g/mol. The molecule has 1 aliphatic rings. The second kappa shape index (κ2) is 6.74. The van der Waals surface area contributed by atoms with E-state index in [1.807, 2.05) is 69.3 Å². The van der Waals surface area contributed by atoms with E-state index >= 15 is 0 Å². The number of benzene rings is 3. The summed E-state index contributed by atoms with van der Waals surface area (Å²) in [5, 5.41) is 3.24. The molecule has 0 aliphatic carbocycles. The number of carbonyl (C=O) groups excluding carboxylic acids is 1. The van der Waals surface area contributed by atoms with Crippen LogP contribution in [-0.2, 0) is 9.45 Å². The maximum absolute atomic E-state index is 12.6. The van der Waals surface area contributed by atoms with E-state index < -0.39 is 12.5 Å². The molecule has 0 spiro atoms. The van der Waals surface area contributed by atoms with E-state index in [0.29, 0.717) is 5.71 Å². The van der Waals surface area contributed by atoms with E-state index in [0.717, 1.165) is 44.0 Å². The van der Waals surface area contributed by atoms with E-state index in [4.69, 9.17) is 19.0 Å². The SMILES string of the molecule is CC1C(=O)B(c2ccc(-c3cnc4c(n3)oc3ccc5ccccc5c34)cc2)OC1(C)C. The van der Waals surface area contributed by atoms with Crippen molar-refractivity contribution >= 4 is 51.0 Å². The first-order valence-corrected chi connectivity index (χ1v) is 10.8. The first-order chi connectivity index (χ1) is 15.4. The highest BCUT2D eigenvalue weighted by molar-refractivity contribution is 6.96. The van der Waals surface area contributed by atoms with Crippen LogP contribution in [0.2, 0.25) is 0 Å². The van der Waals surface area contributed by atoms with Gasteiger partial charge in [-0.25, -0.2) is 9.97 Å². The zero-order valence-electron chi connectivity index (χ0n) is 18.1. The third-order valence-corrected chi connectivity index (χ3v) is 6.73. The number of nitrogens with zero attached hydrogens (tertiary/aromatic N) is 2. The van der Waals surface area contributed by atoms with Crippen molar-refractivity contribution in [3.8, 4) is 11.3 Å². The zero-order valence-corrected chi connectivity index (χ0v) is 18.1. The molecule has 0 radical (unpaired) electrons. The van der Waals surface area contributed by atoms with Gasteiger partial charge in [0.1, 0.15) is 16.8 Å². The first-order valence-electron chi connectivity index (χ1n) is 10.8. The van der Waals surface area contributed by atoms with Crippen molar-refractivity contribution in [1.82, 2.24) is 9.97 Å². The summed E-state index contributed by atoms with van der Waals surface area (Å²) in [5.74, 6) is -0.135. The van der Waals surface area contributed by atoms with Gasteiger partial charge in [-0.15, -0.1) is 0 Å².